The molecule has 1 unspecified atom stereocenters. The molecule has 0 bridgehead atoms. The number of hydrogen-bond acceptors (Lipinski definition) is 4. The quantitative estimate of drug-likeness (QED) is 0.748. The third-order valence-corrected chi connectivity index (χ3v) is 3.90. The fraction of sp³-hybridized carbons (Fsp3) is 0.625. The Kier molecular flexibility index (Phi) is 7.68. The lowest BCUT2D eigenvalue weighted by atomic mass is 9.89. The first-order chi connectivity index (χ1) is 10.1. The molecule has 0 radical (unpaired) electrons. The minimum atomic E-state index is 0.353. The topological polar surface area (TPSA) is 53.7 Å². The largest absolute Gasteiger partial charge is 0.492 e. The number of rotatable bonds is 9. The van der Waals surface area contributed by atoms with E-state index in [4.69, 9.17) is 31.5 Å². The molecule has 0 fully saturated rings. The molecule has 21 heavy (non-hydrogen) atoms. The van der Waals surface area contributed by atoms with Crippen molar-refractivity contribution in [2.75, 3.05) is 27.9 Å². The van der Waals surface area contributed by atoms with Crippen molar-refractivity contribution in [2.45, 2.75) is 38.5 Å². The van der Waals surface area contributed by atoms with E-state index in [1.165, 1.54) is 0 Å². The maximum atomic E-state index is 6.34. The summed E-state index contributed by atoms with van der Waals surface area (Å²) in [7, 11) is 4.80. The van der Waals surface area contributed by atoms with Gasteiger partial charge < -0.3 is 19.9 Å². The highest BCUT2D eigenvalue weighted by atomic mass is 35.5. The average molecular weight is 316 g/mol. The van der Waals surface area contributed by atoms with Crippen LogP contribution in [0.15, 0.2) is 6.07 Å². The van der Waals surface area contributed by atoms with E-state index in [9.17, 15) is 0 Å². The number of nitrogens with two attached hydrogens (primary N) is 1. The lowest BCUT2D eigenvalue weighted by Crippen LogP contribution is -2.07. The van der Waals surface area contributed by atoms with Gasteiger partial charge in [0, 0.05) is 5.56 Å². The summed E-state index contributed by atoms with van der Waals surface area (Å²) in [6, 6.07) is 1.93. The molecule has 4 nitrogen and oxygen atoms in total. The van der Waals surface area contributed by atoms with Crippen molar-refractivity contribution in [1.29, 1.82) is 0 Å². The smallest absolute Gasteiger partial charge is 0.205 e. The van der Waals surface area contributed by atoms with Crippen molar-refractivity contribution >= 4 is 11.6 Å². The van der Waals surface area contributed by atoms with Gasteiger partial charge in [0.25, 0.3) is 0 Å². The van der Waals surface area contributed by atoms with Crippen LogP contribution in [0, 0.1) is 0 Å². The van der Waals surface area contributed by atoms with E-state index in [0.29, 0.717) is 34.7 Å². The summed E-state index contributed by atoms with van der Waals surface area (Å²) in [5, 5.41) is 0.541. The molecule has 0 spiro atoms. The first-order valence-corrected chi connectivity index (χ1v) is 7.70. The maximum Gasteiger partial charge on any atom is 0.205 e. The van der Waals surface area contributed by atoms with Crippen LogP contribution in [0.2, 0.25) is 5.02 Å². The summed E-state index contributed by atoms with van der Waals surface area (Å²) in [6.07, 6.45) is 4.12. The van der Waals surface area contributed by atoms with Crippen LogP contribution < -0.4 is 19.9 Å². The Bertz CT molecular complexity index is 452. The van der Waals surface area contributed by atoms with E-state index < -0.39 is 0 Å². The third-order valence-electron chi connectivity index (χ3n) is 3.62. The number of benzene rings is 1. The van der Waals surface area contributed by atoms with Gasteiger partial charge in [0.2, 0.25) is 5.75 Å². The third kappa shape index (κ3) is 4.17. The van der Waals surface area contributed by atoms with Crippen LogP contribution in [0.5, 0.6) is 17.2 Å². The second-order valence-electron chi connectivity index (χ2n) is 4.96. The van der Waals surface area contributed by atoms with Crippen molar-refractivity contribution < 1.29 is 14.2 Å². The van der Waals surface area contributed by atoms with E-state index in [1.54, 1.807) is 21.3 Å². The summed E-state index contributed by atoms with van der Waals surface area (Å²) in [6.45, 7) is 2.85. The van der Waals surface area contributed by atoms with Gasteiger partial charge in [-0.3, -0.25) is 0 Å². The zero-order valence-corrected chi connectivity index (χ0v) is 14.1. The van der Waals surface area contributed by atoms with Crippen molar-refractivity contribution in [2.24, 2.45) is 5.73 Å². The van der Waals surface area contributed by atoms with Gasteiger partial charge in [0.05, 0.1) is 26.4 Å². The predicted molar refractivity (Wildman–Crippen MR) is 87.0 cm³/mol. The molecule has 0 aliphatic heterocycles. The van der Waals surface area contributed by atoms with E-state index >= 15 is 0 Å². The van der Waals surface area contributed by atoms with Crippen molar-refractivity contribution in [3.05, 3.63) is 16.7 Å². The Morgan fingerprint density at radius 2 is 1.67 bits per heavy atom. The maximum absolute atomic E-state index is 6.34. The van der Waals surface area contributed by atoms with E-state index in [2.05, 4.69) is 6.92 Å². The molecule has 1 aromatic rings. The van der Waals surface area contributed by atoms with Crippen LogP contribution in [0.1, 0.15) is 44.1 Å². The summed E-state index contributed by atoms with van der Waals surface area (Å²) >= 11 is 6.34. The van der Waals surface area contributed by atoms with Gasteiger partial charge in [-0.15, -0.1) is 0 Å². The normalized spacial score (nSPS) is 12.1. The SMILES string of the molecule is CCCC(CCCN)c1cc(Cl)c(OC)c(OC)c1OC. The van der Waals surface area contributed by atoms with Crippen LogP contribution >= 0.6 is 11.6 Å². The van der Waals surface area contributed by atoms with Gasteiger partial charge in [-0.2, -0.15) is 0 Å². The van der Waals surface area contributed by atoms with Gasteiger partial charge >= 0.3 is 0 Å². The molecule has 1 aromatic carbocycles. The fourth-order valence-corrected chi connectivity index (χ4v) is 2.95. The van der Waals surface area contributed by atoms with Crippen LogP contribution in [0.25, 0.3) is 0 Å². The molecule has 0 aromatic heterocycles. The molecule has 0 amide bonds. The molecule has 0 saturated heterocycles. The molecule has 0 aliphatic rings. The molecule has 5 heteroatoms. The van der Waals surface area contributed by atoms with Crippen molar-refractivity contribution in [1.82, 2.24) is 0 Å². The molecular formula is C16H26ClNO3. The molecule has 120 valence electrons. The molecule has 0 aliphatic carbocycles. The highest BCUT2D eigenvalue weighted by Crippen LogP contribution is 2.48. The molecular weight excluding hydrogens is 290 g/mol. The summed E-state index contributed by atoms with van der Waals surface area (Å²) < 4.78 is 16.4. The Morgan fingerprint density at radius 1 is 1.05 bits per heavy atom. The average Bonchev–Trinajstić information content (AvgIpc) is 2.50. The first kappa shape index (κ1) is 17.9. The van der Waals surface area contributed by atoms with Crippen LogP contribution in [-0.4, -0.2) is 27.9 Å². The van der Waals surface area contributed by atoms with Crippen LogP contribution in [0.4, 0.5) is 0 Å². The van der Waals surface area contributed by atoms with Gasteiger partial charge in [-0.05, 0) is 37.8 Å². The van der Waals surface area contributed by atoms with Crippen LogP contribution in [0.3, 0.4) is 0 Å². The number of ether oxygens (including phenoxy) is 3. The second kappa shape index (κ2) is 9.00. The minimum absolute atomic E-state index is 0.353. The standard InChI is InChI=1S/C16H26ClNO3/c1-5-7-11(8-6-9-18)12-10-13(17)15(20-3)16(21-4)14(12)19-2/h10-11H,5-9,18H2,1-4H3. The lowest BCUT2D eigenvalue weighted by Gasteiger charge is -2.23. The van der Waals surface area contributed by atoms with E-state index in [0.717, 1.165) is 31.2 Å². The Labute approximate surface area is 132 Å². The molecule has 1 atom stereocenters. The van der Waals surface area contributed by atoms with Crippen molar-refractivity contribution in [3.8, 4) is 17.2 Å². The number of methoxy groups -OCH3 is 3. The number of hydrogen-bond donors (Lipinski definition) is 1. The van der Waals surface area contributed by atoms with Gasteiger partial charge in [0.1, 0.15) is 0 Å². The van der Waals surface area contributed by atoms with Gasteiger partial charge in [0.15, 0.2) is 11.5 Å². The Balaban J connectivity index is 3.34. The van der Waals surface area contributed by atoms with E-state index in [-0.39, 0.29) is 0 Å². The molecule has 0 heterocycles. The second-order valence-corrected chi connectivity index (χ2v) is 5.37. The lowest BCUT2D eigenvalue weighted by molar-refractivity contribution is 0.319. The molecule has 1 rings (SSSR count). The molecule has 0 saturated carbocycles. The zero-order chi connectivity index (χ0) is 15.8. The Morgan fingerprint density at radius 3 is 2.14 bits per heavy atom. The van der Waals surface area contributed by atoms with Gasteiger partial charge in [-0.1, -0.05) is 24.9 Å². The summed E-state index contributed by atoms with van der Waals surface area (Å²) in [4.78, 5) is 0. The highest BCUT2D eigenvalue weighted by molar-refractivity contribution is 6.32. The van der Waals surface area contributed by atoms with Crippen molar-refractivity contribution in [3.63, 3.8) is 0 Å². The van der Waals surface area contributed by atoms with Gasteiger partial charge in [-0.25, -0.2) is 0 Å². The number of halogens is 1. The highest BCUT2D eigenvalue weighted by Gasteiger charge is 2.24. The first-order valence-electron chi connectivity index (χ1n) is 7.32. The fourth-order valence-electron chi connectivity index (χ4n) is 2.67. The Hall–Kier alpha value is -1.13. The monoisotopic (exact) mass is 315 g/mol. The summed E-state index contributed by atoms with van der Waals surface area (Å²) in [5.74, 6) is 2.12. The molecule has 2 N–H and O–H groups in total. The van der Waals surface area contributed by atoms with E-state index in [1.807, 2.05) is 6.07 Å². The predicted octanol–water partition coefficient (Wildman–Crippen LogP) is 3.99. The zero-order valence-electron chi connectivity index (χ0n) is 13.4. The minimum Gasteiger partial charge on any atom is -0.492 e. The summed E-state index contributed by atoms with van der Waals surface area (Å²) in [5.41, 5.74) is 6.72. The van der Waals surface area contributed by atoms with Crippen LogP contribution in [-0.2, 0) is 0 Å².